The standard InChI is InChI=1S/C17H28N4/c1-14(2)21-10-4-3-5-16(21)15-6-7-17(19-13-15)20-11-8-18-9-12-20/h6-7,13-14,16,18H,3-5,8-12H2,1-2H3/t16-/m1/s1. The van der Waals surface area contributed by atoms with Crippen LogP contribution < -0.4 is 10.2 Å². The van der Waals surface area contributed by atoms with E-state index in [1.807, 2.05) is 0 Å². The van der Waals surface area contributed by atoms with Gasteiger partial charge < -0.3 is 10.2 Å². The Balaban J connectivity index is 1.73. The first-order chi connectivity index (χ1) is 10.3. The summed E-state index contributed by atoms with van der Waals surface area (Å²) in [6.07, 6.45) is 6.06. The molecule has 4 nitrogen and oxygen atoms in total. The van der Waals surface area contributed by atoms with Gasteiger partial charge in [-0.1, -0.05) is 12.5 Å². The molecule has 1 aromatic heterocycles. The van der Waals surface area contributed by atoms with E-state index in [9.17, 15) is 0 Å². The maximum atomic E-state index is 4.74. The molecule has 3 heterocycles. The molecule has 4 heteroatoms. The molecular formula is C17H28N4. The van der Waals surface area contributed by atoms with Crippen molar-refractivity contribution in [2.24, 2.45) is 0 Å². The number of piperazine rings is 1. The van der Waals surface area contributed by atoms with Crippen molar-refractivity contribution in [2.45, 2.75) is 45.2 Å². The van der Waals surface area contributed by atoms with Crippen LogP contribution in [-0.4, -0.2) is 48.6 Å². The van der Waals surface area contributed by atoms with E-state index in [4.69, 9.17) is 4.98 Å². The van der Waals surface area contributed by atoms with Crippen molar-refractivity contribution in [2.75, 3.05) is 37.6 Å². The first-order valence-electron chi connectivity index (χ1n) is 8.43. The van der Waals surface area contributed by atoms with Gasteiger partial charge in [-0.15, -0.1) is 0 Å². The second-order valence-corrected chi connectivity index (χ2v) is 6.53. The molecule has 2 fully saturated rings. The van der Waals surface area contributed by atoms with Crippen molar-refractivity contribution in [1.82, 2.24) is 15.2 Å². The maximum Gasteiger partial charge on any atom is 0.128 e. The molecule has 2 aliphatic heterocycles. The minimum Gasteiger partial charge on any atom is -0.354 e. The highest BCUT2D eigenvalue weighted by molar-refractivity contribution is 5.40. The van der Waals surface area contributed by atoms with E-state index < -0.39 is 0 Å². The quantitative estimate of drug-likeness (QED) is 0.925. The summed E-state index contributed by atoms with van der Waals surface area (Å²) >= 11 is 0. The molecule has 0 unspecified atom stereocenters. The fourth-order valence-corrected chi connectivity index (χ4v) is 3.61. The van der Waals surface area contributed by atoms with Crippen molar-refractivity contribution >= 4 is 5.82 Å². The number of piperidine rings is 1. The van der Waals surface area contributed by atoms with Crippen LogP contribution in [0.25, 0.3) is 0 Å². The predicted molar refractivity (Wildman–Crippen MR) is 87.8 cm³/mol. The summed E-state index contributed by atoms with van der Waals surface area (Å²) in [4.78, 5) is 9.75. The SMILES string of the molecule is CC(C)N1CCCC[C@@H]1c1ccc(N2CCNCC2)nc1. The summed E-state index contributed by atoms with van der Waals surface area (Å²) in [6.45, 7) is 10.1. The first-order valence-corrected chi connectivity index (χ1v) is 8.43. The number of pyridine rings is 1. The lowest BCUT2D eigenvalue weighted by Crippen LogP contribution is -2.44. The van der Waals surface area contributed by atoms with E-state index >= 15 is 0 Å². The molecular weight excluding hydrogens is 260 g/mol. The number of nitrogens with zero attached hydrogens (tertiary/aromatic N) is 3. The molecule has 0 spiro atoms. The first kappa shape index (κ1) is 14.8. The van der Waals surface area contributed by atoms with Crippen molar-refractivity contribution in [1.29, 1.82) is 0 Å². The van der Waals surface area contributed by atoms with Gasteiger partial charge in [-0.3, -0.25) is 4.90 Å². The van der Waals surface area contributed by atoms with Gasteiger partial charge in [-0.05, 0) is 44.9 Å². The second kappa shape index (κ2) is 6.75. The Bertz CT molecular complexity index is 437. The number of nitrogens with one attached hydrogen (secondary N) is 1. The Labute approximate surface area is 128 Å². The molecule has 0 saturated carbocycles. The van der Waals surface area contributed by atoms with Crippen molar-refractivity contribution in [3.8, 4) is 0 Å². The zero-order chi connectivity index (χ0) is 14.7. The van der Waals surface area contributed by atoms with E-state index in [1.165, 1.54) is 31.4 Å². The van der Waals surface area contributed by atoms with Gasteiger partial charge in [-0.25, -0.2) is 4.98 Å². The molecule has 0 aromatic carbocycles. The van der Waals surface area contributed by atoms with Crippen LogP contribution >= 0.6 is 0 Å². The van der Waals surface area contributed by atoms with E-state index in [-0.39, 0.29) is 0 Å². The summed E-state index contributed by atoms with van der Waals surface area (Å²) in [5.74, 6) is 1.13. The normalized spacial score (nSPS) is 24.5. The highest BCUT2D eigenvalue weighted by atomic mass is 15.2. The smallest absolute Gasteiger partial charge is 0.128 e. The topological polar surface area (TPSA) is 31.4 Å². The molecule has 2 saturated heterocycles. The summed E-state index contributed by atoms with van der Waals surface area (Å²) in [6, 6.07) is 5.69. The average Bonchev–Trinajstić information content (AvgIpc) is 2.56. The van der Waals surface area contributed by atoms with Crippen molar-refractivity contribution in [3.05, 3.63) is 23.9 Å². The number of anilines is 1. The monoisotopic (exact) mass is 288 g/mol. The maximum absolute atomic E-state index is 4.74. The predicted octanol–water partition coefficient (Wildman–Crippen LogP) is 2.43. The van der Waals surface area contributed by atoms with Crippen LogP contribution in [0.4, 0.5) is 5.82 Å². The van der Waals surface area contributed by atoms with Crippen LogP contribution in [0.3, 0.4) is 0 Å². The van der Waals surface area contributed by atoms with Crippen molar-refractivity contribution < 1.29 is 0 Å². The molecule has 21 heavy (non-hydrogen) atoms. The molecule has 0 aliphatic carbocycles. The third-order valence-electron chi connectivity index (χ3n) is 4.80. The zero-order valence-electron chi connectivity index (χ0n) is 13.4. The minimum atomic E-state index is 0.559. The number of aromatic nitrogens is 1. The summed E-state index contributed by atoms with van der Waals surface area (Å²) in [5.41, 5.74) is 1.39. The lowest BCUT2D eigenvalue weighted by molar-refractivity contribution is 0.112. The minimum absolute atomic E-state index is 0.559. The largest absolute Gasteiger partial charge is 0.354 e. The van der Waals surface area contributed by atoms with E-state index in [0.717, 1.165) is 32.0 Å². The highest BCUT2D eigenvalue weighted by Gasteiger charge is 2.26. The van der Waals surface area contributed by atoms with Gasteiger partial charge in [0.25, 0.3) is 0 Å². The van der Waals surface area contributed by atoms with E-state index in [1.54, 1.807) is 0 Å². The fraction of sp³-hybridized carbons (Fsp3) is 0.706. The Hall–Kier alpha value is -1.13. The number of hydrogen-bond acceptors (Lipinski definition) is 4. The number of rotatable bonds is 3. The lowest BCUT2D eigenvalue weighted by atomic mass is 9.95. The second-order valence-electron chi connectivity index (χ2n) is 6.53. The third kappa shape index (κ3) is 3.38. The van der Waals surface area contributed by atoms with Gasteiger partial charge in [-0.2, -0.15) is 0 Å². The molecule has 0 amide bonds. The van der Waals surface area contributed by atoms with Crippen molar-refractivity contribution in [3.63, 3.8) is 0 Å². The molecule has 1 atom stereocenters. The van der Waals surface area contributed by atoms with Gasteiger partial charge in [0, 0.05) is 44.5 Å². The van der Waals surface area contributed by atoms with Gasteiger partial charge in [0.1, 0.15) is 5.82 Å². The number of likely N-dealkylation sites (tertiary alicyclic amines) is 1. The average molecular weight is 288 g/mol. The van der Waals surface area contributed by atoms with Gasteiger partial charge in [0.05, 0.1) is 0 Å². The van der Waals surface area contributed by atoms with E-state index in [0.29, 0.717) is 12.1 Å². The highest BCUT2D eigenvalue weighted by Crippen LogP contribution is 2.32. The molecule has 1 N–H and O–H groups in total. The van der Waals surface area contributed by atoms with Crippen LogP contribution in [0.2, 0.25) is 0 Å². The molecule has 0 bridgehead atoms. The summed E-state index contributed by atoms with van der Waals surface area (Å²) < 4.78 is 0. The molecule has 0 radical (unpaired) electrons. The molecule has 3 rings (SSSR count). The molecule has 116 valence electrons. The Morgan fingerprint density at radius 2 is 1.95 bits per heavy atom. The van der Waals surface area contributed by atoms with Gasteiger partial charge in [0.15, 0.2) is 0 Å². The Kier molecular flexibility index (Phi) is 4.76. The molecule has 2 aliphatic rings. The van der Waals surface area contributed by atoms with Crippen LogP contribution in [-0.2, 0) is 0 Å². The van der Waals surface area contributed by atoms with E-state index in [2.05, 4.69) is 47.3 Å². The van der Waals surface area contributed by atoms with Gasteiger partial charge in [0.2, 0.25) is 0 Å². The molecule has 1 aromatic rings. The summed E-state index contributed by atoms with van der Waals surface area (Å²) in [7, 11) is 0. The zero-order valence-corrected chi connectivity index (χ0v) is 13.4. The number of hydrogen-bond donors (Lipinski definition) is 1. The Morgan fingerprint density at radius 3 is 2.62 bits per heavy atom. The Morgan fingerprint density at radius 1 is 1.14 bits per heavy atom. The third-order valence-corrected chi connectivity index (χ3v) is 4.80. The van der Waals surface area contributed by atoms with Crippen LogP contribution in [0, 0.1) is 0 Å². The lowest BCUT2D eigenvalue weighted by Gasteiger charge is -2.39. The fourth-order valence-electron chi connectivity index (χ4n) is 3.61. The summed E-state index contributed by atoms with van der Waals surface area (Å²) in [5, 5.41) is 3.39. The van der Waals surface area contributed by atoms with Crippen LogP contribution in [0.15, 0.2) is 18.3 Å². The van der Waals surface area contributed by atoms with Crippen LogP contribution in [0.1, 0.15) is 44.7 Å². The van der Waals surface area contributed by atoms with Gasteiger partial charge >= 0.3 is 0 Å². The van der Waals surface area contributed by atoms with Crippen LogP contribution in [0.5, 0.6) is 0 Å².